The Morgan fingerprint density at radius 3 is 2.60 bits per heavy atom. The Morgan fingerprint density at radius 1 is 1.15 bits per heavy atom. The maximum Gasteiger partial charge on any atom is 0.127 e. The van der Waals surface area contributed by atoms with Crippen LogP contribution in [0.5, 0.6) is 11.5 Å². The SMILES string of the molecule is CCNC(c1ccccn1)c1ccc(OC)cc1OC. The molecule has 0 fully saturated rings. The second-order valence-electron chi connectivity index (χ2n) is 4.35. The van der Waals surface area contributed by atoms with Crippen LogP contribution >= 0.6 is 0 Å². The number of pyridine rings is 1. The van der Waals surface area contributed by atoms with E-state index in [2.05, 4.69) is 17.2 Å². The van der Waals surface area contributed by atoms with Crippen molar-refractivity contribution in [2.45, 2.75) is 13.0 Å². The number of nitrogens with one attached hydrogen (secondary N) is 1. The van der Waals surface area contributed by atoms with Gasteiger partial charge in [0.1, 0.15) is 11.5 Å². The van der Waals surface area contributed by atoms with Gasteiger partial charge in [-0.3, -0.25) is 4.98 Å². The summed E-state index contributed by atoms with van der Waals surface area (Å²) in [5.41, 5.74) is 2.02. The zero-order valence-electron chi connectivity index (χ0n) is 12.1. The zero-order valence-corrected chi connectivity index (χ0v) is 12.1. The molecule has 0 saturated carbocycles. The maximum atomic E-state index is 5.49. The highest BCUT2D eigenvalue weighted by Gasteiger charge is 2.18. The fraction of sp³-hybridized carbons (Fsp3) is 0.312. The molecule has 0 radical (unpaired) electrons. The Morgan fingerprint density at radius 2 is 2.00 bits per heavy atom. The molecule has 2 rings (SSSR count). The predicted molar refractivity (Wildman–Crippen MR) is 79.3 cm³/mol. The van der Waals surface area contributed by atoms with Gasteiger partial charge >= 0.3 is 0 Å². The predicted octanol–water partition coefficient (Wildman–Crippen LogP) is 2.80. The molecule has 1 heterocycles. The lowest BCUT2D eigenvalue weighted by molar-refractivity contribution is 0.387. The monoisotopic (exact) mass is 272 g/mol. The van der Waals surface area contributed by atoms with E-state index in [1.807, 2.05) is 36.4 Å². The van der Waals surface area contributed by atoms with E-state index in [0.717, 1.165) is 29.3 Å². The molecular weight excluding hydrogens is 252 g/mol. The van der Waals surface area contributed by atoms with Crippen LogP contribution < -0.4 is 14.8 Å². The van der Waals surface area contributed by atoms with Crippen LogP contribution in [0, 0.1) is 0 Å². The van der Waals surface area contributed by atoms with Crippen molar-refractivity contribution < 1.29 is 9.47 Å². The molecule has 0 aliphatic carbocycles. The van der Waals surface area contributed by atoms with Crippen molar-refractivity contribution in [2.75, 3.05) is 20.8 Å². The number of hydrogen-bond donors (Lipinski definition) is 1. The third-order valence-electron chi connectivity index (χ3n) is 3.14. The van der Waals surface area contributed by atoms with Crippen LogP contribution in [0.1, 0.15) is 24.2 Å². The lowest BCUT2D eigenvalue weighted by atomic mass is 10.0. The van der Waals surface area contributed by atoms with Crippen LogP contribution in [-0.4, -0.2) is 25.7 Å². The third kappa shape index (κ3) is 3.08. The summed E-state index contributed by atoms with van der Waals surface area (Å²) in [7, 11) is 3.31. The van der Waals surface area contributed by atoms with Crippen LogP contribution in [0.2, 0.25) is 0 Å². The van der Waals surface area contributed by atoms with Gasteiger partial charge in [0.05, 0.1) is 26.0 Å². The van der Waals surface area contributed by atoms with Crippen LogP contribution in [0.3, 0.4) is 0 Å². The van der Waals surface area contributed by atoms with Crippen LogP contribution in [-0.2, 0) is 0 Å². The fourth-order valence-corrected chi connectivity index (χ4v) is 2.18. The van der Waals surface area contributed by atoms with Gasteiger partial charge in [-0.05, 0) is 30.8 Å². The molecule has 1 aromatic carbocycles. The first-order chi connectivity index (χ1) is 9.80. The van der Waals surface area contributed by atoms with Crippen molar-refractivity contribution >= 4 is 0 Å². The molecule has 0 spiro atoms. The van der Waals surface area contributed by atoms with E-state index >= 15 is 0 Å². The first-order valence-corrected chi connectivity index (χ1v) is 6.66. The summed E-state index contributed by atoms with van der Waals surface area (Å²) < 4.78 is 10.7. The molecule has 20 heavy (non-hydrogen) atoms. The van der Waals surface area contributed by atoms with Crippen LogP contribution in [0.4, 0.5) is 0 Å². The topological polar surface area (TPSA) is 43.4 Å². The Labute approximate surface area is 119 Å². The molecule has 0 bridgehead atoms. The average Bonchev–Trinajstić information content (AvgIpc) is 2.53. The molecule has 1 aromatic heterocycles. The minimum Gasteiger partial charge on any atom is -0.497 e. The average molecular weight is 272 g/mol. The minimum absolute atomic E-state index is 0.00190. The summed E-state index contributed by atoms with van der Waals surface area (Å²) >= 11 is 0. The van der Waals surface area contributed by atoms with Gasteiger partial charge in [0.2, 0.25) is 0 Å². The fourth-order valence-electron chi connectivity index (χ4n) is 2.18. The largest absolute Gasteiger partial charge is 0.497 e. The number of benzene rings is 1. The second kappa shape index (κ2) is 6.91. The lowest BCUT2D eigenvalue weighted by Crippen LogP contribution is -2.23. The molecule has 2 aromatic rings. The number of rotatable bonds is 6. The molecule has 0 aliphatic rings. The molecule has 4 heteroatoms. The summed E-state index contributed by atoms with van der Waals surface area (Å²) in [6.45, 7) is 2.92. The van der Waals surface area contributed by atoms with Crippen molar-refractivity contribution in [1.29, 1.82) is 0 Å². The number of ether oxygens (including phenoxy) is 2. The summed E-state index contributed by atoms with van der Waals surface area (Å²) in [6, 6.07) is 11.8. The normalized spacial score (nSPS) is 11.9. The zero-order chi connectivity index (χ0) is 14.4. The molecule has 106 valence electrons. The summed E-state index contributed by atoms with van der Waals surface area (Å²) in [4.78, 5) is 4.44. The molecular formula is C16H20N2O2. The van der Waals surface area contributed by atoms with Gasteiger partial charge in [-0.2, -0.15) is 0 Å². The molecule has 4 nitrogen and oxygen atoms in total. The van der Waals surface area contributed by atoms with E-state index in [0.29, 0.717) is 0 Å². The molecule has 0 amide bonds. The van der Waals surface area contributed by atoms with Gasteiger partial charge in [0.25, 0.3) is 0 Å². The maximum absolute atomic E-state index is 5.49. The van der Waals surface area contributed by atoms with E-state index in [-0.39, 0.29) is 6.04 Å². The Balaban J connectivity index is 2.44. The number of methoxy groups -OCH3 is 2. The minimum atomic E-state index is 0.00190. The second-order valence-corrected chi connectivity index (χ2v) is 4.35. The Bertz CT molecular complexity index is 543. The van der Waals surface area contributed by atoms with E-state index in [1.54, 1.807) is 20.4 Å². The quantitative estimate of drug-likeness (QED) is 0.878. The number of aromatic nitrogens is 1. The van der Waals surface area contributed by atoms with E-state index in [1.165, 1.54) is 0 Å². The van der Waals surface area contributed by atoms with E-state index < -0.39 is 0 Å². The van der Waals surface area contributed by atoms with Crippen molar-refractivity contribution in [1.82, 2.24) is 10.3 Å². The van der Waals surface area contributed by atoms with Gasteiger partial charge in [-0.25, -0.2) is 0 Å². The highest BCUT2D eigenvalue weighted by atomic mass is 16.5. The standard InChI is InChI=1S/C16H20N2O2/c1-4-17-16(14-7-5-6-10-18-14)13-9-8-12(19-2)11-15(13)20-3/h5-11,16-17H,4H2,1-3H3. The Kier molecular flexibility index (Phi) is 4.96. The molecule has 1 N–H and O–H groups in total. The number of nitrogens with zero attached hydrogens (tertiary/aromatic N) is 1. The molecule has 1 atom stereocenters. The molecule has 0 saturated heterocycles. The van der Waals surface area contributed by atoms with Gasteiger partial charge < -0.3 is 14.8 Å². The summed E-state index contributed by atoms with van der Waals surface area (Å²) in [5.74, 6) is 1.57. The Hall–Kier alpha value is -2.07. The van der Waals surface area contributed by atoms with E-state index in [4.69, 9.17) is 9.47 Å². The summed E-state index contributed by atoms with van der Waals surface area (Å²) in [5, 5.41) is 3.44. The van der Waals surface area contributed by atoms with Crippen molar-refractivity contribution in [3.8, 4) is 11.5 Å². The highest BCUT2D eigenvalue weighted by molar-refractivity contribution is 5.45. The van der Waals surface area contributed by atoms with E-state index in [9.17, 15) is 0 Å². The third-order valence-corrected chi connectivity index (χ3v) is 3.14. The first kappa shape index (κ1) is 14.3. The van der Waals surface area contributed by atoms with Crippen LogP contribution in [0.25, 0.3) is 0 Å². The molecule has 1 unspecified atom stereocenters. The summed E-state index contributed by atoms with van der Waals surface area (Å²) in [6.07, 6.45) is 1.80. The van der Waals surface area contributed by atoms with Gasteiger partial charge in [0, 0.05) is 17.8 Å². The lowest BCUT2D eigenvalue weighted by Gasteiger charge is -2.20. The first-order valence-electron chi connectivity index (χ1n) is 6.66. The molecule has 0 aliphatic heterocycles. The van der Waals surface area contributed by atoms with Crippen molar-refractivity contribution in [2.24, 2.45) is 0 Å². The van der Waals surface area contributed by atoms with Gasteiger partial charge in [0.15, 0.2) is 0 Å². The smallest absolute Gasteiger partial charge is 0.127 e. The number of hydrogen-bond acceptors (Lipinski definition) is 4. The van der Waals surface area contributed by atoms with Crippen molar-refractivity contribution in [3.05, 3.63) is 53.9 Å². The van der Waals surface area contributed by atoms with Gasteiger partial charge in [-0.1, -0.05) is 13.0 Å². The van der Waals surface area contributed by atoms with Crippen molar-refractivity contribution in [3.63, 3.8) is 0 Å². The van der Waals surface area contributed by atoms with Crippen LogP contribution in [0.15, 0.2) is 42.6 Å². The van der Waals surface area contributed by atoms with Gasteiger partial charge in [-0.15, -0.1) is 0 Å². The highest BCUT2D eigenvalue weighted by Crippen LogP contribution is 2.32.